The van der Waals surface area contributed by atoms with Gasteiger partial charge in [0.15, 0.2) is 10.9 Å². The number of benzene rings is 3. The molecule has 4 aromatic rings. The number of anilines is 2. The molecular weight excluding hydrogens is 532 g/mol. The minimum absolute atomic E-state index is 0.0816. The summed E-state index contributed by atoms with van der Waals surface area (Å²) in [6.45, 7) is 4.79. The lowest BCUT2D eigenvalue weighted by Gasteiger charge is -2.36. The maximum atomic E-state index is 12.9. The van der Waals surface area contributed by atoms with Gasteiger partial charge in [0.2, 0.25) is 0 Å². The molecule has 0 atom stereocenters. The number of aryl methyl sites for hydroxylation is 1. The molecule has 0 spiro atoms. The van der Waals surface area contributed by atoms with Crippen LogP contribution >= 0.6 is 23.8 Å². The van der Waals surface area contributed by atoms with Crippen molar-refractivity contribution in [2.24, 2.45) is 0 Å². The molecule has 0 saturated carbocycles. The Morgan fingerprint density at radius 1 is 0.897 bits per heavy atom. The molecule has 1 aliphatic rings. The van der Waals surface area contributed by atoms with Gasteiger partial charge in [0, 0.05) is 53.7 Å². The Bertz CT molecular complexity index is 1510. The Hall–Kier alpha value is -4.14. The summed E-state index contributed by atoms with van der Waals surface area (Å²) >= 11 is 11.4. The highest BCUT2D eigenvalue weighted by Crippen LogP contribution is 2.25. The van der Waals surface area contributed by atoms with Gasteiger partial charge in [0.1, 0.15) is 5.76 Å². The van der Waals surface area contributed by atoms with E-state index in [2.05, 4.69) is 15.5 Å². The van der Waals surface area contributed by atoms with Crippen LogP contribution in [0.4, 0.5) is 11.4 Å². The van der Waals surface area contributed by atoms with Crippen LogP contribution in [-0.2, 0) is 0 Å². The number of hydrogen-bond donors (Lipinski definition) is 2. The van der Waals surface area contributed by atoms with Crippen LogP contribution in [0.25, 0.3) is 11.3 Å². The van der Waals surface area contributed by atoms with Crippen LogP contribution in [-0.4, -0.2) is 48.0 Å². The van der Waals surface area contributed by atoms with Crippen molar-refractivity contribution in [3.63, 3.8) is 0 Å². The van der Waals surface area contributed by atoms with Crippen LogP contribution < -0.4 is 15.5 Å². The molecule has 2 N–H and O–H groups in total. The lowest BCUT2D eigenvalue weighted by atomic mass is 10.1. The molecule has 7 nitrogen and oxygen atoms in total. The second kappa shape index (κ2) is 11.7. The van der Waals surface area contributed by atoms with Crippen molar-refractivity contribution in [2.45, 2.75) is 6.92 Å². The van der Waals surface area contributed by atoms with E-state index < -0.39 is 5.91 Å². The molecule has 0 unspecified atom stereocenters. The van der Waals surface area contributed by atoms with Crippen LogP contribution in [0.2, 0.25) is 5.02 Å². The number of nitrogens with one attached hydrogen (secondary N) is 2. The third-order valence-electron chi connectivity index (χ3n) is 6.60. The number of nitrogens with zero attached hydrogens (tertiary/aromatic N) is 2. The molecule has 0 radical (unpaired) electrons. The fourth-order valence-electron chi connectivity index (χ4n) is 4.49. The smallest absolute Gasteiger partial charge is 0.293 e. The summed E-state index contributed by atoms with van der Waals surface area (Å²) in [6, 6.07) is 26.0. The molecular formula is C30H27ClN4O3S. The molecule has 9 heteroatoms. The predicted octanol–water partition coefficient (Wildman–Crippen LogP) is 6.00. The highest BCUT2D eigenvalue weighted by molar-refractivity contribution is 7.80. The van der Waals surface area contributed by atoms with E-state index in [1.807, 2.05) is 72.5 Å². The maximum Gasteiger partial charge on any atom is 0.293 e. The number of furan rings is 1. The van der Waals surface area contributed by atoms with E-state index in [9.17, 15) is 9.59 Å². The standard InChI is InChI=1S/C30H27ClN4O3S/c1-20-5-2-3-8-25(20)29(37)35-17-15-34(16-18-35)24-11-9-23(10-12-24)32-30(39)33-28(36)27-14-13-26(38-27)21-6-4-7-22(31)19-21/h2-14,19H,15-18H2,1H3,(H2,32,33,36,39). The summed E-state index contributed by atoms with van der Waals surface area (Å²) in [4.78, 5) is 29.7. The lowest BCUT2D eigenvalue weighted by molar-refractivity contribution is 0.0746. The van der Waals surface area contributed by atoms with E-state index in [1.54, 1.807) is 24.3 Å². The quantitative estimate of drug-likeness (QED) is 0.293. The fraction of sp³-hybridized carbons (Fsp3) is 0.167. The van der Waals surface area contributed by atoms with Crippen LogP contribution in [0, 0.1) is 6.92 Å². The summed E-state index contributed by atoms with van der Waals surface area (Å²) in [5.74, 6) is 0.315. The first-order valence-corrected chi connectivity index (χ1v) is 13.3. The van der Waals surface area contributed by atoms with E-state index in [4.69, 9.17) is 28.2 Å². The highest BCUT2D eigenvalue weighted by atomic mass is 35.5. The second-order valence-electron chi connectivity index (χ2n) is 9.22. The van der Waals surface area contributed by atoms with Gasteiger partial charge in [-0.1, -0.05) is 41.9 Å². The second-order valence-corrected chi connectivity index (χ2v) is 10.1. The average Bonchev–Trinajstić information content (AvgIpc) is 3.44. The molecule has 1 aliphatic heterocycles. The molecule has 2 amide bonds. The van der Waals surface area contributed by atoms with Gasteiger partial charge in [-0.25, -0.2) is 0 Å². The van der Waals surface area contributed by atoms with Gasteiger partial charge in [0.05, 0.1) is 0 Å². The number of amides is 2. The number of carbonyl (C=O) groups is 2. The number of thiocarbonyl (C=S) groups is 1. The van der Waals surface area contributed by atoms with Crippen LogP contribution in [0.5, 0.6) is 0 Å². The van der Waals surface area contributed by atoms with Crippen molar-refractivity contribution < 1.29 is 14.0 Å². The molecule has 0 bridgehead atoms. The Morgan fingerprint density at radius 2 is 1.64 bits per heavy atom. The van der Waals surface area contributed by atoms with Gasteiger partial charge in [-0.05, 0) is 79.3 Å². The van der Waals surface area contributed by atoms with Gasteiger partial charge < -0.3 is 19.5 Å². The number of rotatable bonds is 5. The van der Waals surface area contributed by atoms with Gasteiger partial charge in [0.25, 0.3) is 11.8 Å². The van der Waals surface area contributed by atoms with Gasteiger partial charge >= 0.3 is 0 Å². The van der Waals surface area contributed by atoms with Gasteiger partial charge in [-0.2, -0.15) is 0 Å². The maximum absolute atomic E-state index is 12.9. The molecule has 3 aromatic carbocycles. The normalized spacial score (nSPS) is 13.2. The summed E-state index contributed by atoms with van der Waals surface area (Å²) in [7, 11) is 0. The highest BCUT2D eigenvalue weighted by Gasteiger charge is 2.23. The van der Waals surface area contributed by atoms with Crippen molar-refractivity contribution in [1.29, 1.82) is 0 Å². The van der Waals surface area contributed by atoms with Crippen LogP contribution in [0.3, 0.4) is 0 Å². The van der Waals surface area contributed by atoms with Gasteiger partial charge in [-0.3, -0.25) is 14.9 Å². The molecule has 2 heterocycles. The summed E-state index contributed by atoms with van der Waals surface area (Å²) in [5.41, 5.74) is 4.34. The zero-order chi connectivity index (χ0) is 27.4. The van der Waals surface area contributed by atoms with E-state index in [0.29, 0.717) is 23.9 Å². The summed E-state index contributed by atoms with van der Waals surface area (Å²) in [5, 5.41) is 6.43. The molecule has 5 rings (SSSR count). The number of halogens is 1. The minimum Gasteiger partial charge on any atom is -0.451 e. The van der Waals surface area contributed by atoms with Crippen molar-refractivity contribution in [1.82, 2.24) is 10.2 Å². The number of carbonyl (C=O) groups excluding carboxylic acids is 2. The molecule has 1 fully saturated rings. The Labute approximate surface area is 237 Å². The molecule has 1 aromatic heterocycles. The Morgan fingerprint density at radius 3 is 2.36 bits per heavy atom. The number of piperazine rings is 1. The average molecular weight is 559 g/mol. The predicted molar refractivity (Wildman–Crippen MR) is 159 cm³/mol. The molecule has 39 heavy (non-hydrogen) atoms. The zero-order valence-corrected chi connectivity index (χ0v) is 22.9. The van der Waals surface area contributed by atoms with Gasteiger partial charge in [-0.15, -0.1) is 0 Å². The summed E-state index contributed by atoms with van der Waals surface area (Å²) in [6.07, 6.45) is 0. The van der Waals surface area contributed by atoms with E-state index in [0.717, 1.165) is 41.2 Å². The van der Waals surface area contributed by atoms with E-state index >= 15 is 0 Å². The monoisotopic (exact) mass is 558 g/mol. The fourth-order valence-corrected chi connectivity index (χ4v) is 4.89. The van der Waals surface area contributed by atoms with Crippen molar-refractivity contribution >= 4 is 52.1 Å². The summed E-state index contributed by atoms with van der Waals surface area (Å²) < 4.78 is 5.69. The topological polar surface area (TPSA) is 77.8 Å². The van der Waals surface area contributed by atoms with Crippen LogP contribution in [0.15, 0.2) is 89.3 Å². The van der Waals surface area contributed by atoms with Crippen molar-refractivity contribution in [3.05, 3.63) is 107 Å². The lowest BCUT2D eigenvalue weighted by Crippen LogP contribution is -2.48. The third-order valence-corrected chi connectivity index (χ3v) is 7.04. The van der Waals surface area contributed by atoms with Crippen molar-refractivity contribution in [2.75, 3.05) is 36.4 Å². The largest absolute Gasteiger partial charge is 0.451 e. The zero-order valence-electron chi connectivity index (χ0n) is 21.3. The van der Waals surface area contributed by atoms with E-state index in [1.165, 1.54) is 0 Å². The first-order chi connectivity index (χ1) is 18.9. The molecule has 1 saturated heterocycles. The number of hydrogen-bond acceptors (Lipinski definition) is 5. The first kappa shape index (κ1) is 26.5. The Kier molecular flexibility index (Phi) is 7.95. The third kappa shape index (κ3) is 6.30. The molecule has 198 valence electrons. The van der Waals surface area contributed by atoms with E-state index in [-0.39, 0.29) is 16.8 Å². The minimum atomic E-state index is -0.449. The molecule has 0 aliphatic carbocycles. The first-order valence-electron chi connectivity index (χ1n) is 12.6. The SMILES string of the molecule is Cc1ccccc1C(=O)N1CCN(c2ccc(NC(=S)NC(=O)c3ccc(-c4cccc(Cl)c4)o3)cc2)CC1. The van der Waals surface area contributed by atoms with Crippen molar-refractivity contribution in [3.8, 4) is 11.3 Å². The Balaban J connectivity index is 1.12. The van der Waals surface area contributed by atoms with Crippen LogP contribution in [0.1, 0.15) is 26.5 Å².